The molecule has 0 saturated heterocycles. The second-order valence-corrected chi connectivity index (χ2v) is 11.2. The minimum absolute atomic E-state index is 0.105. The van der Waals surface area contributed by atoms with Crippen molar-refractivity contribution in [2.75, 3.05) is 24.2 Å². The molecular formula is C24H32BrN3O5S. The molecule has 2 aromatic rings. The normalized spacial score (nSPS) is 12.2. The number of nitrogens with zero attached hydrogens (tertiary/aromatic N) is 2. The second-order valence-electron chi connectivity index (χ2n) is 8.41. The Balaban J connectivity index is 2.40. The van der Waals surface area contributed by atoms with Crippen molar-refractivity contribution in [3.8, 4) is 5.75 Å². The largest absolute Gasteiger partial charge is 0.497 e. The zero-order valence-corrected chi connectivity index (χ0v) is 22.7. The fraction of sp³-hybridized carbons (Fsp3) is 0.417. The highest BCUT2D eigenvalue weighted by molar-refractivity contribution is 9.10. The van der Waals surface area contributed by atoms with Crippen LogP contribution in [0, 0.1) is 6.92 Å². The van der Waals surface area contributed by atoms with Crippen molar-refractivity contribution in [2.24, 2.45) is 0 Å². The number of rotatable bonds is 10. The fourth-order valence-corrected chi connectivity index (χ4v) is 4.40. The average molecular weight is 555 g/mol. The molecule has 0 fully saturated rings. The van der Waals surface area contributed by atoms with Crippen molar-refractivity contribution in [2.45, 2.75) is 46.3 Å². The van der Waals surface area contributed by atoms with Gasteiger partial charge in [0.05, 0.1) is 19.1 Å². The van der Waals surface area contributed by atoms with Crippen LogP contribution in [0.4, 0.5) is 5.69 Å². The quantitative estimate of drug-likeness (QED) is 0.486. The van der Waals surface area contributed by atoms with Gasteiger partial charge >= 0.3 is 0 Å². The van der Waals surface area contributed by atoms with Crippen LogP contribution in [0.25, 0.3) is 0 Å². The van der Waals surface area contributed by atoms with E-state index in [2.05, 4.69) is 21.2 Å². The highest BCUT2D eigenvalue weighted by Crippen LogP contribution is 2.25. The summed E-state index contributed by atoms with van der Waals surface area (Å²) in [4.78, 5) is 27.6. The van der Waals surface area contributed by atoms with Gasteiger partial charge in [-0.2, -0.15) is 0 Å². The van der Waals surface area contributed by atoms with Crippen LogP contribution in [-0.4, -0.2) is 57.1 Å². The molecule has 10 heteroatoms. The number of anilines is 1. The van der Waals surface area contributed by atoms with Gasteiger partial charge in [0.1, 0.15) is 18.3 Å². The van der Waals surface area contributed by atoms with Gasteiger partial charge in [0.2, 0.25) is 21.8 Å². The zero-order chi connectivity index (χ0) is 25.6. The lowest BCUT2D eigenvalue weighted by atomic mass is 10.1. The Bertz CT molecular complexity index is 1120. The molecule has 0 radical (unpaired) electrons. The summed E-state index contributed by atoms with van der Waals surface area (Å²) in [5, 5.41) is 2.82. The number of halogens is 1. The van der Waals surface area contributed by atoms with Gasteiger partial charge in [0.15, 0.2) is 0 Å². The van der Waals surface area contributed by atoms with E-state index in [9.17, 15) is 18.0 Å². The number of carbonyl (C=O) groups excluding carboxylic acids is 2. The lowest BCUT2D eigenvalue weighted by Gasteiger charge is -2.32. The van der Waals surface area contributed by atoms with E-state index in [0.717, 1.165) is 26.2 Å². The highest BCUT2D eigenvalue weighted by atomic mass is 79.9. The first kappa shape index (κ1) is 27.7. The second kappa shape index (κ2) is 11.7. The molecule has 2 amide bonds. The molecule has 0 aliphatic rings. The van der Waals surface area contributed by atoms with E-state index in [-0.39, 0.29) is 18.5 Å². The summed E-state index contributed by atoms with van der Waals surface area (Å²) in [6, 6.07) is 11.3. The number of amides is 2. The summed E-state index contributed by atoms with van der Waals surface area (Å²) in [6.07, 6.45) is 1.06. The molecule has 34 heavy (non-hydrogen) atoms. The fourth-order valence-electron chi connectivity index (χ4n) is 3.31. The van der Waals surface area contributed by atoms with E-state index in [1.807, 2.05) is 20.8 Å². The van der Waals surface area contributed by atoms with Crippen molar-refractivity contribution < 1.29 is 22.7 Å². The molecule has 186 valence electrons. The average Bonchev–Trinajstić information content (AvgIpc) is 2.76. The molecule has 0 aromatic heterocycles. The summed E-state index contributed by atoms with van der Waals surface area (Å²) < 4.78 is 32.3. The van der Waals surface area contributed by atoms with Gasteiger partial charge in [-0.25, -0.2) is 8.42 Å². The van der Waals surface area contributed by atoms with Crippen LogP contribution < -0.4 is 14.4 Å². The van der Waals surface area contributed by atoms with Crippen molar-refractivity contribution >= 4 is 43.5 Å². The van der Waals surface area contributed by atoms with Crippen LogP contribution in [0.3, 0.4) is 0 Å². The molecule has 0 aliphatic heterocycles. The standard InChI is InChI=1S/C24H32BrN3O5S/c1-16(2)26-24(30)18(4)27(14-19-7-10-21(33-5)11-8-19)23(29)15-28(34(6,31)32)20-9-12-22(25)17(3)13-20/h7-13,16,18H,14-15H2,1-6H3,(H,26,30)/t18-/m0/s1. The maximum Gasteiger partial charge on any atom is 0.244 e. The number of hydrogen-bond acceptors (Lipinski definition) is 5. The van der Waals surface area contributed by atoms with Crippen LogP contribution in [0.5, 0.6) is 5.75 Å². The van der Waals surface area contributed by atoms with Crippen molar-refractivity contribution in [1.29, 1.82) is 0 Å². The maximum absolute atomic E-state index is 13.5. The number of carbonyl (C=O) groups is 2. The third kappa shape index (κ3) is 7.46. The minimum atomic E-state index is -3.77. The summed E-state index contributed by atoms with van der Waals surface area (Å²) in [5.41, 5.74) is 1.99. The van der Waals surface area contributed by atoms with E-state index >= 15 is 0 Å². The van der Waals surface area contributed by atoms with Crippen LogP contribution in [0.1, 0.15) is 31.9 Å². The molecule has 0 heterocycles. The summed E-state index contributed by atoms with van der Waals surface area (Å²) in [7, 11) is -2.21. The van der Waals surface area contributed by atoms with E-state index in [0.29, 0.717) is 11.4 Å². The predicted molar refractivity (Wildman–Crippen MR) is 137 cm³/mol. The highest BCUT2D eigenvalue weighted by Gasteiger charge is 2.30. The number of methoxy groups -OCH3 is 1. The van der Waals surface area contributed by atoms with Crippen molar-refractivity contribution in [1.82, 2.24) is 10.2 Å². The molecule has 0 unspecified atom stereocenters. The number of ether oxygens (including phenoxy) is 1. The van der Waals surface area contributed by atoms with Gasteiger partial charge < -0.3 is 15.0 Å². The SMILES string of the molecule is COc1ccc(CN(C(=O)CN(c2ccc(Br)c(C)c2)S(C)(=O)=O)[C@@H](C)C(=O)NC(C)C)cc1. The smallest absolute Gasteiger partial charge is 0.244 e. The maximum atomic E-state index is 13.5. The van der Waals surface area contributed by atoms with Crippen molar-refractivity contribution in [3.05, 3.63) is 58.1 Å². The third-order valence-electron chi connectivity index (χ3n) is 5.22. The topological polar surface area (TPSA) is 96.0 Å². The molecule has 0 aliphatic carbocycles. The lowest BCUT2D eigenvalue weighted by molar-refractivity contribution is -0.139. The molecular weight excluding hydrogens is 522 g/mol. The Hall–Kier alpha value is -2.59. The summed E-state index contributed by atoms with van der Waals surface area (Å²) >= 11 is 3.41. The van der Waals surface area contributed by atoms with Crippen LogP contribution in [-0.2, 0) is 26.2 Å². The Morgan fingerprint density at radius 1 is 1.09 bits per heavy atom. The number of nitrogens with one attached hydrogen (secondary N) is 1. The number of hydrogen-bond donors (Lipinski definition) is 1. The molecule has 2 aromatic carbocycles. The molecule has 0 bridgehead atoms. The van der Waals surface area contributed by atoms with Gasteiger partial charge in [0.25, 0.3) is 0 Å². The van der Waals surface area contributed by atoms with Crippen molar-refractivity contribution in [3.63, 3.8) is 0 Å². The zero-order valence-electron chi connectivity index (χ0n) is 20.3. The Kier molecular flexibility index (Phi) is 9.52. The van der Waals surface area contributed by atoms with Gasteiger partial charge in [-0.05, 0) is 69.2 Å². The monoisotopic (exact) mass is 553 g/mol. The van der Waals surface area contributed by atoms with Gasteiger partial charge in [-0.1, -0.05) is 28.1 Å². The first-order valence-electron chi connectivity index (χ1n) is 10.8. The summed E-state index contributed by atoms with van der Waals surface area (Å²) in [5.74, 6) is -0.142. The van der Waals surface area contributed by atoms with E-state index in [1.165, 1.54) is 4.90 Å². The number of benzene rings is 2. The third-order valence-corrected chi connectivity index (χ3v) is 7.25. The van der Waals surface area contributed by atoms with Gasteiger partial charge in [-0.3, -0.25) is 13.9 Å². The van der Waals surface area contributed by atoms with Crippen LogP contribution >= 0.6 is 15.9 Å². The molecule has 0 saturated carbocycles. The van der Waals surface area contributed by atoms with Gasteiger partial charge in [0, 0.05) is 17.1 Å². The predicted octanol–water partition coefficient (Wildman–Crippen LogP) is 3.47. The van der Waals surface area contributed by atoms with Gasteiger partial charge in [-0.15, -0.1) is 0 Å². The van der Waals surface area contributed by atoms with E-state index in [1.54, 1.807) is 56.5 Å². The summed E-state index contributed by atoms with van der Waals surface area (Å²) in [6.45, 7) is 6.84. The first-order valence-corrected chi connectivity index (χ1v) is 13.4. The Morgan fingerprint density at radius 3 is 2.21 bits per heavy atom. The Labute approximate surface area is 210 Å². The first-order chi connectivity index (χ1) is 15.8. The number of aryl methyl sites for hydroxylation is 1. The molecule has 1 N–H and O–H groups in total. The van der Waals surface area contributed by atoms with E-state index in [4.69, 9.17) is 4.74 Å². The van der Waals surface area contributed by atoms with Crippen LogP contribution in [0.15, 0.2) is 46.9 Å². The Morgan fingerprint density at radius 2 is 1.71 bits per heavy atom. The number of sulfonamides is 1. The van der Waals surface area contributed by atoms with E-state index < -0.39 is 28.5 Å². The molecule has 0 spiro atoms. The lowest BCUT2D eigenvalue weighted by Crippen LogP contribution is -2.52. The molecule has 8 nitrogen and oxygen atoms in total. The molecule has 2 rings (SSSR count). The molecule has 1 atom stereocenters. The minimum Gasteiger partial charge on any atom is -0.497 e. The van der Waals surface area contributed by atoms with Crippen LogP contribution in [0.2, 0.25) is 0 Å².